The van der Waals surface area contributed by atoms with Crippen LogP contribution in [0.5, 0.6) is 0 Å². The van der Waals surface area contributed by atoms with Gasteiger partial charge in [0.2, 0.25) is 0 Å². The number of hydrogen-bond acceptors (Lipinski definition) is 6. The molecule has 0 bridgehead atoms. The van der Waals surface area contributed by atoms with Crippen LogP contribution >= 0.6 is 23.1 Å². The predicted molar refractivity (Wildman–Crippen MR) is 111 cm³/mol. The highest BCUT2D eigenvalue weighted by molar-refractivity contribution is 8.00. The Morgan fingerprint density at radius 2 is 2.11 bits per heavy atom. The maximum absolute atomic E-state index is 12.4. The lowest BCUT2D eigenvalue weighted by Crippen LogP contribution is -2.20. The van der Waals surface area contributed by atoms with Gasteiger partial charge >= 0.3 is 5.97 Å². The van der Waals surface area contributed by atoms with E-state index in [1.54, 1.807) is 11.3 Å². The summed E-state index contributed by atoms with van der Waals surface area (Å²) in [5, 5.41) is 11.3. The van der Waals surface area contributed by atoms with Crippen molar-refractivity contribution in [2.45, 2.75) is 44.0 Å². The molecule has 1 atom stereocenters. The van der Waals surface area contributed by atoms with Crippen molar-refractivity contribution in [3.05, 3.63) is 47.3 Å². The van der Waals surface area contributed by atoms with E-state index in [2.05, 4.69) is 36.2 Å². The fourth-order valence-electron chi connectivity index (χ4n) is 2.76. The van der Waals surface area contributed by atoms with Gasteiger partial charge < -0.3 is 4.74 Å². The first-order valence-electron chi connectivity index (χ1n) is 9.03. The van der Waals surface area contributed by atoms with Crippen LogP contribution in [-0.2, 0) is 9.53 Å². The van der Waals surface area contributed by atoms with E-state index >= 15 is 0 Å². The molecular formula is C20H23N3O2S2. The van der Waals surface area contributed by atoms with Crippen LogP contribution in [-0.4, -0.2) is 32.6 Å². The Hall–Kier alpha value is -2.12. The quantitative estimate of drug-likeness (QED) is 0.387. The molecule has 0 aliphatic heterocycles. The fourth-order valence-corrected chi connectivity index (χ4v) is 4.62. The van der Waals surface area contributed by atoms with Crippen LogP contribution in [0.4, 0.5) is 0 Å². The molecule has 2 aromatic heterocycles. The van der Waals surface area contributed by atoms with Gasteiger partial charge in [-0.1, -0.05) is 43.3 Å². The predicted octanol–water partition coefficient (Wildman–Crippen LogP) is 5.13. The van der Waals surface area contributed by atoms with Crippen molar-refractivity contribution >= 4 is 29.1 Å². The molecule has 0 saturated heterocycles. The first-order valence-corrected chi connectivity index (χ1v) is 10.8. The number of hydrogen-bond donors (Lipinski definition) is 0. The van der Waals surface area contributed by atoms with Crippen molar-refractivity contribution in [2.75, 3.05) is 6.61 Å². The minimum Gasteiger partial charge on any atom is -0.465 e. The molecule has 3 rings (SSSR count). The van der Waals surface area contributed by atoms with Gasteiger partial charge in [-0.3, -0.25) is 9.36 Å². The molecule has 0 unspecified atom stereocenters. The standard InChI is InChI=1S/C20H23N3O2S2/c1-4-8-17(19(24)25-5-2)27-20-22-21-18(16-11-7-12-26-16)23(20)15-10-6-9-14(3)13-15/h6-7,9-13,17H,4-5,8H2,1-3H3/t17-/m0/s1. The normalized spacial score (nSPS) is 12.1. The summed E-state index contributed by atoms with van der Waals surface area (Å²) in [4.78, 5) is 13.4. The number of aryl methyl sites for hydroxylation is 1. The molecule has 0 aliphatic rings. The van der Waals surface area contributed by atoms with Crippen molar-refractivity contribution in [2.24, 2.45) is 0 Å². The Bertz CT molecular complexity index is 891. The Labute approximate surface area is 167 Å². The van der Waals surface area contributed by atoms with Crippen molar-refractivity contribution in [1.29, 1.82) is 0 Å². The molecule has 0 aliphatic carbocycles. The number of ether oxygens (including phenoxy) is 1. The minimum atomic E-state index is -0.293. The summed E-state index contributed by atoms with van der Waals surface area (Å²) in [6.07, 6.45) is 1.63. The average molecular weight is 402 g/mol. The molecule has 0 fully saturated rings. The van der Waals surface area contributed by atoms with E-state index < -0.39 is 0 Å². The largest absolute Gasteiger partial charge is 0.465 e. The van der Waals surface area contributed by atoms with Crippen LogP contribution in [0.3, 0.4) is 0 Å². The number of carbonyl (C=O) groups is 1. The van der Waals surface area contributed by atoms with Crippen LogP contribution in [0.25, 0.3) is 16.4 Å². The van der Waals surface area contributed by atoms with Gasteiger partial charge in [0, 0.05) is 0 Å². The number of aromatic nitrogens is 3. The van der Waals surface area contributed by atoms with E-state index in [9.17, 15) is 4.79 Å². The number of esters is 1. The molecule has 0 amide bonds. The number of nitrogens with zero attached hydrogens (tertiary/aromatic N) is 3. The lowest BCUT2D eigenvalue weighted by molar-refractivity contribution is -0.142. The van der Waals surface area contributed by atoms with Gasteiger partial charge in [0.25, 0.3) is 0 Å². The Morgan fingerprint density at radius 3 is 2.78 bits per heavy atom. The summed E-state index contributed by atoms with van der Waals surface area (Å²) in [6, 6.07) is 12.3. The first kappa shape index (κ1) is 19.6. The Morgan fingerprint density at radius 1 is 1.26 bits per heavy atom. The van der Waals surface area contributed by atoms with Crippen molar-refractivity contribution in [3.8, 4) is 16.4 Å². The van der Waals surface area contributed by atoms with Gasteiger partial charge in [0.1, 0.15) is 5.25 Å². The molecular weight excluding hydrogens is 378 g/mol. The highest BCUT2D eigenvalue weighted by Crippen LogP contribution is 2.33. The highest BCUT2D eigenvalue weighted by Gasteiger charge is 2.25. The minimum absolute atomic E-state index is 0.194. The molecule has 0 N–H and O–H groups in total. The summed E-state index contributed by atoms with van der Waals surface area (Å²) in [6.45, 7) is 6.33. The van der Waals surface area contributed by atoms with Crippen LogP contribution < -0.4 is 0 Å². The molecule has 2 heterocycles. The second kappa shape index (κ2) is 9.19. The van der Waals surface area contributed by atoms with E-state index in [1.807, 2.05) is 41.1 Å². The van der Waals surface area contributed by atoms with Crippen molar-refractivity contribution in [1.82, 2.24) is 14.8 Å². The summed E-state index contributed by atoms with van der Waals surface area (Å²) < 4.78 is 7.29. The van der Waals surface area contributed by atoms with Crippen LogP contribution in [0.2, 0.25) is 0 Å². The number of carbonyl (C=O) groups excluding carboxylic acids is 1. The number of benzene rings is 1. The maximum atomic E-state index is 12.4. The fraction of sp³-hybridized carbons (Fsp3) is 0.350. The van der Waals surface area contributed by atoms with Crippen LogP contribution in [0, 0.1) is 6.92 Å². The van der Waals surface area contributed by atoms with E-state index in [0.717, 1.165) is 34.8 Å². The summed E-state index contributed by atoms with van der Waals surface area (Å²) >= 11 is 3.05. The molecule has 27 heavy (non-hydrogen) atoms. The molecule has 1 aromatic carbocycles. The van der Waals surface area contributed by atoms with Crippen LogP contribution in [0.15, 0.2) is 46.9 Å². The van der Waals surface area contributed by atoms with Crippen molar-refractivity contribution in [3.63, 3.8) is 0 Å². The second-order valence-electron chi connectivity index (χ2n) is 6.11. The lowest BCUT2D eigenvalue weighted by Gasteiger charge is -2.15. The van der Waals surface area contributed by atoms with Gasteiger partial charge in [-0.2, -0.15) is 0 Å². The van der Waals surface area contributed by atoms with Gasteiger partial charge in [-0.05, 0) is 49.4 Å². The lowest BCUT2D eigenvalue weighted by atomic mass is 10.2. The van der Waals surface area contributed by atoms with E-state index in [-0.39, 0.29) is 11.2 Å². The zero-order valence-electron chi connectivity index (χ0n) is 15.7. The molecule has 5 nitrogen and oxygen atoms in total. The average Bonchev–Trinajstić information content (AvgIpc) is 3.31. The molecule has 7 heteroatoms. The third kappa shape index (κ3) is 4.59. The molecule has 0 radical (unpaired) electrons. The summed E-state index contributed by atoms with van der Waals surface area (Å²) in [5.41, 5.74) is 2.15. The molecule has 3 aromatic rings. The first-order chi connectivity index (χ1) is 13.1. The molecule has 142 valence electrons. The summed E-state index contributed by atoms with van der Waals surface area (Å²) in [7, 11) is 0. The zero-order chi connectivity index (χ0) is 19.2. The monoisotopic (exact) mass is 401 g/mol. The van der Waals surface area contributed by atoms with Gasteiger partial charge in [-0.15, -0.1) is 21.5 Å². The Kier molecular flexibility index (Phi) is 6.68. The highest BCUT2D eigenvalue weighted by atomic mass is 32.2. The summed E-state index contributed by atoms with van der Waals surface area (Å²) in [5.74, 6) is 0.595. The van der Waals surface area contributed by atoms with Gasteiger partial charge in [0.15, 0.2) is 11.0 Å². The van der Waals surface area contributed by atoms with Crippen LogP contribution in [0.1, 0.15) is 32.3 Å². The van der Waals surface area contributed by atoms with E-state index in [1.165, 1.54) is 11.8 Å². The zero-order valence-corrected chi connectivity index (χ0v) is 17.3. The number of rotatable bonds is 8. The van der Waals surface area contributed by atoms with Gasteiger partial charge in [-0.25, -0.2) is 0 Å². The number of thiophene rings is 1. The second-order valence-corrected chi connectivity index (χ2v) is 8.22. The van der Waals surface area contributed by atoms with E-state index in [0.29, 0.717) is 11.8 Å². The number of thioether (sulfide) groups is 1. The molecule has 0 spiro atoms. The SMILES string of the molecule is CCC[C@H](Sc1nnc(-c2cccs2)n1-c1cccc(C)c1)C(=O)OCC. The molecule has 0 saturated carbocycles. The smallest absolute Gasteiger partial charge is 0.319 e. The third-order valence-corrected chi connectivity index (χ3v) is 6.04. The maximum Gasteiger partial charge on any atom is 0.319 e. The van der Waals surface area contributed by atoms with Gasteiger partial charge in [0.05, 0.1) is 17.2 Å². The third-order valence-electron chi connectivity index (χ3n) is 3.98. The van der Waals surface area contributed by atoms with E-state index in [4.69, 9.17) is 4.74 Å². The topological polar surface area (TPSA) is 57.0 Å². The Balaban J connectivity index is 2.03. The van der Waals surface area contributed by atoms with Crippen molar-refractivity contribution < 1.29 is 9.53 Å².